The molecule has 6 heteroatoms. The van der Waals surface area contributed by atoms with Crippen molar-refractivity contribution in [2.45, 2.75) is 27.3 Å². The van der Waals surface area contributed by atoms with Crippen LogP contribution in [0.15, 0.2) is 6.20 Å². The summed E-state index contributed by atoms with van der Waals surface area (Å²) in [5.74, 6) is -0.403. The van der Waals surface area contributed by atoms with Gasteiger partial charge in [-0.3, -0.25) is 0 Å². The third-order valence-electron chi connectivity index (χ3n) is 2.91. The van der Waals surface area contributed by atoms with Gasteiger partial charge in [0.25, 0.3) is 0 Å². The molecule has 0 aliphatic rings. The Kier molecular flexibility index (Phi) is 3.29. The van der Waals surface area contributed by atoms with Crippen LogP contribution < -0.4 is 5.73 Å². The molecule has 0 fully saturated rings. The number of nitrogens with two attached hydrogens (primary N) is 1. The number of esters is 1. The van der Waals surface area contributed by atoms with Crippen molar-refractivity contribution in [3.05, 3.63) is 28.7 Å². The summed E-state index contributed by atoms with van der Waals surface area (Å²) < 4.78 is 6.60. The minimum atomic E-state index is -0.403. The molecule has 0 atom stereocenters. The van der Waals surface area contributed by atoms with Crippen LogP contribution in [0.3, 0.4) is 0 Å². The first-order valence-electron chi connectivity index (χ1n) is 5.81. The molecule has 0 aromatic carbocycles. The molecule has 0 radical (unpaired) electrons. The maximum absolute atomic E-state index is 11.8. The Labute approximate surface area is 105 Å². The van der Waals surface area contributed by atoms with E-state index in [9.17, 15) is 4.79 Å². The van der Waals surface area contributed by atoms with Crippen LogP contribution in [-0.2, 0) is 11.3 Å². The van der Waals surface area contributed by atoms with Crippen LogP contribution in [-0.4, -0.2) is 27.2 Å². The van der Waals surface area contributed by atoms with E-state index in [1.807, 2.05) is 13.8 Å². The Balaban J connectivity index is 2.64. The number of hydrogen-bond donors (Lipinski definition) is 1. The molecule has 0 saturated carbocycles. The zero-order valence-corrected chi connectivity index (χ0v) is 10.7. The lowest BCUT2D eigenvalue weighted by molar-refractivity contribution is 0.0528. The summed E-state index contributed by atoms with van der Waals surface area (Å²) >= 11 is 0. The monoisotopic (exact) mass is 248 g/mol. The van der Waals surface area contributed by atoms with Gasteiger partial charge in [0.05, 0.1) is 12.8 Å². The van der Waals surface area contributed by atoms with Crippen LogP contribution in [0, 0.1) is 13.8 Å². The quantitative estimate of drug-likeness (QED) is 0.819. The highest BCUT2D eigenvalue weighted by atomic mass is 16.5. The fraction of sp³-hybridized carbons (Fsp3) is 0.417. The normalized spacial score (nSPS) is 10.9. The lowest BCUT2D eigenvalue weighted by Crippen LogP contribution is -2.11. The maximum Gasteiger partial charge on any atom is 0.343 e. The van der Waals surface area contributed by atoms with Gasteiger partial charge >= 0.3 is 5.97 Å². The molecule has 0 aliphatic carbocycles. The smallest absolute Gasteiger partial charge is 0.343 e. The molecule has 0 aliphatic heterocycles. The van der Waals surface area contributed by atoms with E-state index in [0.29, 0.717) is 24.4 Å². The summed E-state index contributed by atoms with van der Waals surface area (Å²) in [5.41, 5.74) is 9.24. The largest absolute Gasteiger partial charge is 0.462 e. The van der Waals surface area contributed by atoms with Gasteiger partial charge in [0.2, 0.25) is 0 Å². The SMILES string of the molecule is CCOC(=O)c1cnn2c(C)c(CN)c(C)nc12. The van der Waals surface area contributed by atoms with Crippen LogP contribution in [0.5, 0.6) is 0 Å². The van der Waals surface area contributed by atoms with Gasteiger partial charge in [0.15, 0.2) is 5.65 Å². The van der Waals surface area contributed by atoms with Crippen molar-refractivity contribution >= 4 is 11.6 Å². The number of aryl methyl sites for hydroxylation is 2. The van der Waals surface area contributed by atoms with Gasteiger partial charge in [-0.1, -0.05) is 0 Å². The van der Waals surface area contributed by atoms with Gasteiger partial charge in [-0.25, -0.2) is 14.3 Å². The molecule has 2 N–H and O–H groups in total. The molecule has 2 rings (SSSR count). The van der Waals surface area contributed by atoms with Crippen molar-refractivity contribution in [1.82, 2.24) is 14.6 Å². The van der Waals surface area contributed by atoms with Gasteiger partial charge in [-0.05, 0) is 20.8 Å². The second-order valence-corrected chi connectivity index (χ2v) is 3.98. The van der Waals surface area contributed by atoms with E-state index < -0.39 is 5.97 Å². The van der Waals surface area contributed by atoms with Crippen molar-refractivity contribution in [3.63, 3.8) is 0 Å². The van der Waals surface area contributed by atoms with E-state index >= 15 is 0 Å². The number of rotatable bonds is 3. The Bertz CT molecular complexity index is 604. The van der Waals surface area contributed by atoms with Gasteiger partial charge in [0, 0.05) is 23.5 Å². The molecule has 96 valence electrons. The molecule has 0 spiro atoms. The predicted octanol–water partition coefficient (Wildman–Crippen LogP) is 0.982. The van der Waals surface area contributed by atoms with Gasteiger partial charge < -0.3 is 10.5 Å². The molecular formula is C12H16N4O2. The molecule has 18 heavy (non-hydrogen) atoms. The molecule has 2 heterocycles. The van der Waals surface area contributed by atoms with Crippen LogP contribution >= 0.6 is 0 Å². The van der Waals surface area contributed by atoms with E-state index in [0.717, 1.165) is 17.0 Å². The Morgan fingerprint density at radius 2 is 2.22 bits per heavy atom. The van der Waals surface area contributed by atoms with Crippen LogP contribution in [0.25, 0.3) is 5.65 Å². The van der Waals surface area contributed by atoms with Crippen LogP contribution in [0.2, 0.25) is 0 Å². The first-order valence-corrected chi connectivity index (χ1v) is 5.81. The molecule has 6 nitrogen and oxygen atoms in total. The average molecular weight is 248 g/mol. The summed E-state index contributed by atoms with van der Waals surface area (Å²) in [6, 6.07) is 0. The lowest BCUT2D eigenvalue weighted by atomic mass is 10.1. The number of carbonyl (C=O) groups excluding carboxylic acids is 1. The number of carbonyl (C=O) groups is 1. The average Bonchev–Trinajstić information content (AvgIpc) is 2.73. The highest BCUT2D eigenvalue weighted by Gasteiger charge is 2.18. The highest BCUT2D eigenvalue weighted by Crippen LogP contribution is 2.17. The van der Waals surface area contributed by atoms with E-state index in [4.69, 9.17) is 10.5 Å². The molecule has 2 aromatic heterocycles. The highest BCUT2D eigenvalue weighted by molar-refractivity contribution is 5.95. The summed E-state index contributed by atoms with van der Waals surface area (Å²) in [6.07, 6.45) is 1.48. The van der Waals surface area contributed by atoms with E-state index in [1.54, 1.807) is 11.4 Å². The zero-order chi connectivity index (χ0) is 13.3. The molecule has 0 bridgehead atoms. The number of hydrogen-bond acceptors (Lipinski definition) is 5. The Morgan fingerprint density at radius 3 is 2.83 bits per heavy atom. The van der Waals surface area contributed by atoms with Gasteiger partial charge in [-0.2, -0.15) is 5.10 Å². The second kappa shape index (κ2) is 4.73. The summed E-state index contributed by atoms with van der Waals surface area (Å²) in [4.78, 5) is 16.1. The van der Waals surface area contributed by atoms with E-state index in [2.05, 4.69) is 10.1 Å². The fourth-order valence-corrected chi connectivity index (χ4v) is 1.96. The number of nitrogens with zero attached hydrogens (tertiary/aromatic N) is 3. The third-order valence-corrected chi connectivity index (χ3v) is 2.91. The number of fused-ring (bicyclic) bond motifs is 1. The maximum atomic E-state index is 11.8. The first-order chi connectivity index (χ1) is 8.60. The summed E-state index contributed by atoms with van der Waals surface area (Å²) in [5, 5.41) is 4.17. The molecule has 0 amide bonds. The number of ether oxygens (including phenoxy) is 1. The van der Waals surface area contributed by atoms with E-state index in [1.165, 1.54) is 6.20 Å². The number of aromatic nitrogens is 3. The van der Waals surface area contributed by atoms with Gasteiger partial charge in [0.1, 0.15) is 5.56 Å². The predicted molar refractivity (Wildman–Crippen MR) is 66.3 cm³/mol. The topological polar surface area (TPSA) is 82.5 Å². The van der Waals surface area contributed by atoms with Crippen molar-refractivity contribution in [3.8, 4) is 0 Å². The Hall–Kier alpha value is -1.95. The van der Waals surface area contributed by atoms with Crippen LogP contribution in [0.4, 0.5) is 0 Å². The molecular weight excluding hydrogens is 232 g/mol. The van der Waals surface area contributed by atoms with E-state index in [-0.39, 0.29) is 0 Å². The molecule has 0 unspecified atom stereocenters. The van der Waals surface area contributed by atoms with Crippen molar-refractivity contribution in [2.24, 2.45) is 5.73 Å². The van der Waals surface area contributed by atoms with Crippen molar-refractivity contribution in [2.75, 3.05) is 6.61 Å². The van der Waals surface area contributed by atoms with Crippen molar-refractivity contribution in [1.29, 1.82) is 0 Å². The first kappa shape index (κ1) is 12.5. The molecule has 0 saturated heterocycles. The fourth-order valence-electron chi connectivity index (χ4n) is 1.96. The Morgan fingerprint density at radius 1 is 1.50 bits per heavy atom. The molecule has 2 aromatic rings. The zero-order valence-electron chi connectivity index (χ0n) is 10.7. The van der Waals surface area contributed by atoms with Crippen molar-refractivity contribution < 1.29 is 9.53 Å². The standard InChI is InChI=1S/C12H16N4O2/c1-4-18-12(17)10-6-14-16-8(3)9(5-13)7(2)15-11(10)16/h6H,4-5,13H2,1-3H3. The second-order valence-electron chi connectivity index (χ2n) is 3.98. The minimum absolute atomic E-state index is 0.328. The van der Waals surface area contributed by atoms with Gasteiger partial charge in [-0.15, -0.1) is 0 Å². The minimum Gasteiger partial charge on any atom is -0.462 e. The third kappa shape index (κ3) is 1.84. The summed E-state index contributed by atoms with van der Waals surface area (Å²) in [6.45, 7) is 6.27. The van der Waals surface area contributed by atoms with Crippen LogP contribution in [0.1, 0.15) is 34.2 Å². The summed E-state index contributed by atoms with van der Waals surface area (Å²) in [7, 11) is 0. The lowest BCUT2D eigenvalue weighted by Gasteiger charge is -2.09.